The predicted molar refractivity (Wildman–Crippen MR) is 94.3 cm³/mol. The number of morpholine rings is 1. The molecule has 1 fully saturated rings. The van der Waals surface area contributed by atoms with Gasteiger partial charge in [-0.1, -0.05) is 12.1 Å². The number of nitrogens with zero attached hydrogens (tertiary/aromatic N) is 2. The van der Waals surface area contributed by atoms with Crippen LogP contribution in [0.4, 0.5) is 0 Å². The molecule has 2 heterocycles. The average molecular weight is 356 g/mol. The fraction of sp³-hybridized carbons (Fsp3) is 0.368. The van der Waals surface area contributed by atoms with E-state index < -0.39 is 5.97 Å². The van der Waals surface area contributed by atoms with Gasteiger partial charge >= 0.3 is 5.97 Å². The zero-order valence-electron chi connectivity index (χ0n) is 14.3. The lowest BCUT2D eigenvalue weighted by Crippen LogP contribution is -2.36. The summed E-state index contributed by atoms with van der Waals surface area (Å²) in [6.07, 6.45) is 1.88. The highest BCUT2D eigenvalue weighted by Gasteiger charge is 2.21. The van der Waals surface area contributed by atoms with Gasteiger partial charge in [-0.3, -0.25) is 9.59 Å². The molecular formula is C19H20N2O5. The van der Waals surface area contributed by atoms with E-state index in [0.29, 0.717) is 43.4 Å². The highest BCUT2D eigenvalue weighted by Crippen LogP contribution is 2.17. The molecule has 0 aliphatic carbocycles. The van der Waals surface area contributed by atoms with Crippen LogP contribution in [-0.4, -0.2) is 59.6 Å². The average Bonchev–Trinajstić information content (AvgIpc) is 2.62. The molecule has 1 aromatic carbocycles. The molecule has 0 radical (unpaired) electrons. The van der Waals surface area contributed by atoms with Crippen molar-refractivity contribution in [1.82, 2.24) is 4.90 Å². The first-order valence-electron chi connectivity index (χ1n) is 8.49. The van der Waals surface area contributed by atoms with Crippen molar-refractivity contribution in [3.63, 3.8) is 0 Å². The first-order chi connectivity index (χ1) is 12.5. The third-order valence-electron chi connectivity index (χ3n) is 4.25. The van der Waals surface area contributed by atoms with E-state index in [-0.39, 0.29) is 36.4 Å². The van der Waals surface area contributed by atoms with Crippen molar-refractivity contribution in [3.8, 4) is 0 Å². The van der Waals surface area contributed by atoms with Crippen molar-refractivity contribution >= 4 is 23.2 Å². The van der Waals surface area contributed by atoms with Crippen LogP contribution in [0.3, 0.4) is 0 Å². The molecule has 2 aliphatic rings. The minimum Gasteiger partial charge on any atom is -0.478 e. The number of aliphatic imine (C=N–C) groups is 1. The molecule has 1 saturated heterocycles. The minimum absolute atomic E-state index is 0.0582. The van der Waals surface area contributed by atoms with Crippen LogP contribution in [-0.2, 0) is 20.7 Å². The molecule has 0 amide bonds. The van der Waals surface area contributed by atoms with E-state index in [2.05, 4.69) is 4.99 Å². The third-order valence-corrected chi connectivity index (χ3v) is 4.25. The molecule has 2 aliphatic heterocycles. The van der Waals surface area contributed by atoms with Gasteiger partial charge in [-0.2, -0.15) is 0 Å². The van der Waals surface area contributed by atoms with Crippen molar-refractivity contribution < 1.29 is 24.2 Å². The van der Waals surface area contributed by atoms with Gasteiger partial charge in [-0.15, -0.1) is 0 Å². The number of allylic oxidation sites excluding steroid dienone is 1. The molecule has 0 aromatic heterocycles. The predicted octanol–water partition coefficient (Wildman–Crippen LogP) is 1.47. The van der Waals surface area contributed by atoms with E-state index in [4.69, 9.17) is 9.84 Å². The molecule has 0 saturated carbocycles. The molecular weight excluding hydrogens is 336 g/mol. The van der Waals surface area contributed by atoms with Gasteiger partial charge in [-0.25, -0.2) is 9.79 Å². The van der Waals surface area contributed by atoms with Crippen molar-refractivity contribution in [1.29, 1.82) is 0 Å². The Kier molecular flexibility index (Phi) is 5.58. The normalized spacial score (nSPS) is 17.5. The molecule has 7 heteroatoms. The second-order valence-electron chi connectivity index (χ2n) is 6.32. The van der Waals surface area contributed by atoms with Crippen LogP contribution in [0.5, 0.6) is 0 Å². The summed E-state index contributed by atoms with van der Waals surface area (Å²) in [5.74, 6) is -0.582. The van der Waals surface area contributed by atoms with Gasteiger partial charge in [0.1, 0.15) is 11.6 Å². The molecule has 136 valence electrons. The second kappa shape index (κ2) is 8.05. The summed E-state index contributed by atoms with van der Waals surface area (Å²) < 4.78 is 5.30. The highest BCUT2D eigenvalue weighted by atomic mass is 16.5. The number of Topliss-reactive ketones (excluding diaryl/α,β-unsaturated/α-hetero) is 1. The Morgan fingerprint density at radius 1 is 1.19 bits per heavy atom. The quantitative estimate of drug-likeness (QED) is 0.829. The number of carbonyl (C=O) groups is 3. The van der Waals surface area contributed by atoms with Crippen LogP contribution in [0.2, 0.25) is 0 Å². The number of carboxylic acids is 1. The van der Waals surface area contributed by atoms with E-state index in [1.54, 1.807) is 12.1 Å². The Balaban J connectivity index is 1.65. The summed E-state index contributed by atoms with van der Waals surface area (Å²) in [6.45, 7) is 2.53. The molecule has 3 rings (SSSR count). The number of ether oxygens (including phenoxy) is 1. The summed E-state index contributed by atoms with van der Waals surface area (Å²) in [5, 5.41) is 9.03. The molecule has 1 aromatic rings. The minimum atomic E-state index is -1.03. The van der Waals surface area contributed by atoms with E-state index in [0.717, 1.165) is 0 Å². The molecule has 0 spiro atoms. The maximum Gasteiger partial charge on any atom is 0.335 e. The van der Waals surface area contributed by atoms with Gasteiger partial charge in [0.05, 0.1) is 18.8 Å². The van der Waals surface area contributed by atoms with Crippen LogP contribution in [0.15, 0.2) is 41.2 Å². The van der Waals surface area contributed by atoms with Crippen molar-refractivity contribution in [2.45, 2.75) is 19.3 Å². The summed E-state index contributed by atoms with van der Waals surface area (Å²) >= 11 is 0. The van der Waals surface area contributed by atoms with E-state index >= 15 is 0 Å². The van der Waals surface area contributed by atoms with E-state index in [9.17, 15) is 14.4 Å². The van der Waals surface area contributed by atoms with Crippen LogP contribution in [0.25, 0.3) is 0 Å². The Morgan fingerprint density at radius 3 is 2.69 bits per heavy atom. The smallest absolute Gasteiger partial charge is 0.335 e. The summed E-state index contributed by atoms with van der Waals surface area (Å²) in [6, 6.07) is 6.32. The molecule has 26 heavy (non-hydrogen) atoms. The maximum atomic E-state index is 12.4. The van der Waals surface area contributed by atoms with Gasteiger partial charge in [0.15, 0.2) is 5.78 Å². The molecule has 0 unspecified atom stereocenters. The Morgan fingerprint density at radius 2 is 1.96 bits per heavy atom. The van der Waals surface area contributed by atoms with Crippen molar-refractivity contribution in [3.05, 3.63) is 47.3 Å². The Labute approximate surface area is 151 Å². The van der Waals surface area contributed by atoms with Crippen LogP contribution >= 0.6 is 0 Å². The lowest BCUT2D eigenvalue weighted by molar-refractivity contribution is -0.117. The van der Waals surface area contributed by atoms with E-state index in [1.165, 1.54) is 18.2 Å². The Bertz CT molecular complexity index is 791. The largest absolute Gasteiger partial charge is 0.478 e. The zero-order chi connectivity index (χ0) is 18.5. The fourth-order valence-corrected chi connectivity index (χ4v) is 3.02. The number of hydrogen-bond acceptors (Lipinski definition) is 6. The summed E-state index contributed by atoms with van der Waals surface area (Å²) in [4.78, 5) is 41.9. The number of carboxylic acid groups (broad SMARTS) is 1. The van der Waals surface area contributed by atoms with Crippen LogP contribution in [0.1, 0.15) is 28.8 Å². The molecule has 1 N–H and O–H groups in total. The lowest BCUT2D eigenvalue weighted by atomic mass is 10.00. The fourth-order valence-electron chi connectivity index (χ4n) is 3.02. The molecule has 0 bridgehead atoms. The SMILES string of the molecule is O=C1C=C(N2CCOCC2)N=C(CC(=O)Cc2cccc(C(=O)O)c2)C1. The van der Waals surface area contributed by atoms with Gasteiger partial charge in [-0.05, 0) is 17.7 Å². The third kappa shape index (κ3) is 4.64. The van der Waals surface area contributed by atoms with Gasteiger partial charge < -0.3 is 14.7 Å². The molecule has 7 nitrogen and oxygen atoms in total. The standard InChI is InChI=1S/C19H20N2O5/c22-16(9-13-2-1-3-14(8-13)19(24)25)10-15-11-17(23)12-18(20-15)21-4-6-26-7-5-21/h1-3,8,12H,4-7,9-11H2,(H,24,25). The van der Waals surface area contributed by atoms with Crippen LogP contribution in [0, 0.1) is 0 Å². The number of hydrogen-bond donors (Lipinski definition) is 1. The highest BCUT2D eigenvalue weighted by molar-refractivity contribution is 6.14. The maximum absolute atomic E-state index is 12.4. The summed E-state index contributed by atoms with van der Waals surface area (Å²) in [7, 11) is 0. The summed E-state index contributed by atoms with van der Waals surface area (Å²) in [5.41, 5.74) is 1.35. The van der Waals surface area contributed by atoms with Gasteiger partial charge in [0.25, 0.3) is 0 Å². The monoisotopic (exact) mass is 356 g/mol. The number of carbonyl (C=O) groups excluding carboxylic acids is 2. The van der Waals surface area contributed by atoms with E-state index in [1.807, 2.05) is 4.90 Å². The number of benzene rings is 1. The Hall–Kier alpha value is -2.80. The number of aromatic carboxylic acids is 1. The van der Waals surface area contributed by atoms with Gasteiger partial charge in [0, 0.05) is 44.1 Å². The van der Waals surface area contributed by atoms with Crippen molar-refractivity contribution in [2.75, 3.05) is 26.3 Å². The first-order valence-corrected chi connectivity index (χ1v) is 8.49. The number of rotatable bonds is 6. The van der Waals surface area contributed by atoms with Gasteiger partial charge in [0.2, 0.25) is 0 Å². The van der Waals surface area contributed by atoms with Crippen LogP contribution < -0.4 is 0 Å². The first kappa shape index (κ1) is 18.0. The number of ketones is 2. The zero-order valence-corrected chi connectivity index (χ0v) is 14.3. The lowest BCUT2D eigenvalue weighted by Gasteiger charge is -2.30. The topological polar surface area (TPSA) is 96.3 Å². The second-order valence-corrected chi connectivity index (χ2v) is 6.32. The molecule has 0 atom stereocenters. The van der Waals surface area contributed by atoms with Crippen molar-refractivity contribution in [2.24, 2.45) is 4.99 Å².